The highest BCUT2D eigenvalue weighted by atomic mass is 32.1. The van der Waals surface area contributed by atoms with Gasteiger partial charge in [-0.2, -0.15) is 0 Å². The van der Waals surface area contributed by atoms with E-state index in [0.29, 0.717) is 6.54 Å². The maximum atomic E-state index is 12.2. The number of hydrogen-bond donors (Lipinski definition) is 1. The predicted molar refractivity (Wildman–Crippen MR) is 81.6 cm³/mol. The summed E-state index contributed by atoms with van der Waals surface area (Å²) in [4.78, 5) is 28.3. The van der Waals surface area contributed by atoms with Gasteiger partial charge in [0.05, 0.1) is 23.4 Å². The molecule has 1 N–H and O–H groups in total. The van der Waals surface area contributed by atoms with Crippen LogP contribution in [0.25, 0.3) is 0 Å². The van der Waals surface area contributed by atoms with Crippen molar-refractivity contribution < 1.29 is 9.72 Å². The van der Waals surface area contributed by atoms with E-state index in [1.807, 2.05) is 36.3 Å². The smallest absolute Gasteiger partial charge is 0.287 e. The lowest BCUT2D eigenvalue weighted by Gasteiger charge is -2.24. The first-order valence-electron chi connectivity index (χ1n) is 6.60. The molecule has 0 unspecified atom stereocenters. The molecule has 6 nitrogen and oxygen atoms in total. The molecule has 2 aromatic heterocycles. The van der Waals surface area contributed by atoms with Crippen molar-refractivity contribution in [3.8, 4) is 0 Å². The number of rotatable bonds is 7. The van der Waals surface area contributed by atoms with Gasteiger partial charge in [-0.25, -0.2) is 0 Å². The maximum Gasteiger partial charge on any atom is 0.287 e. The minimum absolute atomic E-state index is 0.0901. The van der Waals surface area contributed by atoms with E-state index < -0.39 is 4.92 Å². The summed E-state index contributed by atoms with van der Waals surface area (Å²) >= 11 is 1.65. The van der Waals surface area contributed by atoms with Gasteiger partial charge in [0.1, 0.15) is 0 Å². The highest BCUT2D eigenvalue weighted by molar-refractivity contribution is 7.09. The number of nitrogens with zero attached hydrogens (tertiary/aromatic N) is 2. The van der Waals surface area contributed by atoms with Crippen molar-refractivity contribution in [3.05, 3.63) is 50.5 Å². The Hall–Kier alpha value is -1.99. The molecule has 21 heavy (non-hydrogen) atoms. The molecule has 2 heterocycles. The number of Topliss-reactive ketones (excluding diaryl/α,β-unsaturated/α-hetero) is 1. The number of nitro groups is 1. The van der Waals surface area contributed by atoms with E-state index in [1.165, 1.54) is 17.1 Å². The van der Waals surface area contributed by atoms with Gasteiger partial charge in [-0.05, 0) is 25.3 Å². The Morgan fingerprint density at radius 2 is 2.29 bits per heavy atom. The zero-order valence-electron chi connectivity index (χ0n) is 11.9. The fraction of sp³-hybridized carbons (Fsp3) is 0.357. The summed E-state index contributed by atoms with van der Waals surface area (Å²) in [6, 6.07) is 5.51. The second kappa shape index (κ2) is 6.64. The van der Waals surface area contributed by atoms with Crippen molar-refractivity contribution in [2.24, 2.45) is 0 Å². The molecule has 0 saturated heterocycles. The van der Waals surface area contributed by atoms with Gasteiger partial charge in [0.2, 0.25) is 0 Å². The third-order valence-corrected chi connectivity index (χ3v) is 4.06. The van der Waals surface area contributed by atoms with Crippen molar-refractivity contribution >= 4 is 22.8 Å². The zero-order chi connectivity index (χ0) is 15.4. The van der Waals surface area contributed by atoms with Gasteiger partial charge in [-0.15, -0.1) is 11.3 Å². The van der Waals surface area contributed by atoms with Gasteiger partial charge in [-0.1, -0.05) is 6.07 Å². The van der Waals surface area contributed by atoms with E-state index in [9.17, 15) is 14.9 Å². The number of hydrogen-bond acceptors (Lipinski definition) is 5. The molecule has 2 rings (SSSR count). The van der Waals surface area contributed by atoms with Crippen LogP contribution in [0.1, 0.15) is 29.2 Å². The molecule has 7 heteroatoms. The lowest BCUT2D eigenvalue weighted by molar-refractivity contribution is -0.384. The van der Waals surface area contributed by atoms with Gasteiger partial charge < -0.3 is 4.98 Å². The Labute approximate surface area is 126 Å². The molecule has 0 radical (unpaired) electrons. The quantitative estimate of drug-likeness (QED) is 0.484. The van der Waals surface area contributed by atoms with Crippen LogP contribution < -0.4 is 0 Å². The number of aromatic amines is 1. The Bertz CT molecular complexity index is 619. The Kier molecular flexibility index (Phi) is 4.87. The van der Waals surface area contributed by atoms with E-state index >= 15 is 0 Å². The van der Waals surface area contributed by atoms with E-state index in [0.717, 1.165) is 0 Å². The SMILES string of the molecule is CC(C)N(CC(=O)c1cc([N+](=O)[O-])c[nH]1)Cc1cccs1. The van der Waals surface area contributed by atoms with Gasteiger partial charge in [0.25, 0.3) is 5.69 Å². The van der Waals surface area contributed by atoms with Crippen LogP contribution in [-0.2, 0) is 6.54 Å². The molecule has 0 fully saturated rings. The number of carbonyl (C=O) groups excluding carboxylic acids is 1. The van der Waals surface area contributed by atoms with Crippen molar-refractivity contribution in [1.82, 2.24) is 9.88 Å². The molecule has 0 saturated carbocycles. The van der Waals surface area contributed by atoms with Crippen LogP contribution in [0.5, 0.6) is 0 Å². The number of aromatic nitrogens is 1. The van der Waals surface area contributed by atoms with Crippen LogP contribution in [0.4, 0.5) is 5.69 Å². The van der Waals surface area contributed by atoms with E-state index in [1.54, 1.807) is 11.3 Å². The van der Waals surface area contributed by atoms with Crippen molar-refractivity contribution in [1.29, 1.82) is 0 Å². The molecule has 112 valence electrons. The molecule has 2 aromatic rings. The van der Waals surface area contributed by atoms with Crippen LogP contribution in [0.2, 0.25) is 0 Å². The summed E-state index contributed by atoms with van der Waals surface area (Å²) in [5.41, 5.74) is 0.186. The molecular formula is C14H17N3O3S. The van der Waals surface area contributed by atoms with Gasteiger partial charge in [0, 0.05) is 23.5 Å². The first-order valence-corrected chi connectivity index (χ1v) is 7.47. The molecule has 0 bridgehead atoms. The molecule has 0 aliphatic heterocycles. The Morgan fingerprint density at radius 3 is 2.81 bits per heavy atom. The summed E-state index contributed by atoms with van der Waals surface area (Å²) in [5.74, 6) is -0.145. The Balaban J connectivity index is 2.05. The highest BCUT2D eigenvalue weighted by Gasteiger charge is 2.19. The fourth-order valence-electron chi connectivity index (χ4n) is 1.94. The minimum Gasteiger partial charge on any atom is -0.353 e. The third kappa shape index (κ3) is 3.99. The van der Waals surface area contributed by atoms with Crippen LogP contribution in [-0.4, -0.2) is 33.2 Å². The van der Waals surface area contributed by atoms with Crippen molar-refractivity contribution in [3.63, 3.8) is 0 Å². The molecule has 0 aliphatic carbocycles. The monoisotopic (exact) mass is 307 g/mol. The van der Waals surface area contributed by atoms with Gasteiger partial charge in [0.15, 0.2) is 5.78 Å². The molecule has 0 spiro atoms. The number of H-pyrrole nitrogens is 1. The molecule has 0 amide bonds. The standard InChI is InChI=1S/C14H17N3O3S/c1-10(2)16(8-12-4-3-5-21-12)9-14(18)13-6-11(7-15-13)17(19)20/h3-7,10,15H,8-9H2,1-2H3. The Morgan fingerprint density at radius 1 is 1.52 bits per heavy atom. The largest absolute Gasteiger partial charge is 0.353 e. The second-order valence-electron chi connectivity index (χ2n) is 5.03. The van der Waals surface area contributed by atoms with Crippen LogP contribution in [0.15, 0.2) is 29.8 Å². The maximum absolute atomic E-state index is 12.2. The van der Waals surface area contributed by atoms with E-state index in [-0.39, 0.29) is 29.8 Å². The second-order valence-corrected chi connectivity index (χ2v) is 6.06. The summed E-state index contributed by atoms with van der Waals surface area (Å²) in [6.45, 7) is 4.98. The summed E-state index contributed by atoms with van der Waals surface area (Å²) < 4.78 is 0. The third-order valence-electron chi connectivity index (χ3n) is 3.20. The average molecular weight is 307 g/mol. The van der Waals surface area contributed by atoms with Gasteiger partial charge >= 0.3 is 0 Å². The summed E-state index contributed by atoms with van der Waals surface area (Å²) in [6.07, 6.45) is 1.24. The lowest BCUT2D eigenvalue weighted by atomic mass is 10.2. The van der Waals surface area contributed by atoms with Crippen LogP contribution >= 0.6 is 11.3 Å². The molecule has 0 atom stereocenters. The van der Waals surface area contributed by atoms with Crippen molar-refractivity contribution in [2.75, 3.05) is 6.54 Å². The lowest BCUT2D eigenvalue weighted by Crippen LogP contribution is -2.35. The summed E-state index contributed by atoms with van der Waals surface area (Å²) in [5, 5.41) is 12.6. The van der Waals surface area contributed by atoms with Crippen LogP contribution in [0, 0.1) is 10.1 Å². The predicted octanol–water partition coefficient (Wildman–Crippen LogP) is 3.08. The minimum atomic E-state index is -0.515. The van der Waals surface area contributed by atoms with Crippen LogP contribution in [0.3, 0.4) is 0 Å². The van der Waals surface area contributed by atoms with E-state index in [2.05, 4.69) is 4.98 Å². The molecule has 0 aliphatic rings. The number of thiophene rings is 1. The van der Waals surface area contributed by atoms with E-state index in [4.69, 9.17) is 0 Å². The van der Waals surface area contributed by atoms with Crippen molar-refractivity contribution in [2.45, 2.75) is 26.4 Å². The van der Waals surface area contributed by atoms with Gasteiger partial charge in [-0.3, -0.25) is 19.8 Å². The first kappa shape index (κ1) is 15.4. The average Bonchev–Trinajstić information content (AvgIpc) is 3.08. The molecular weight excluding hydrogens is 290 g/mol. The molecule has 0 aromatic carbocycles. The number of nitrogens with one attached hydrogen (secondary N) is 1. The number of ketones is 1. The highest BCUT2D eigenvalue weighted by Crippen LogP contribution is 2.16. The zero-order valence-corrected chi connectivity index (χ0v) is 12.7. The topological polar surface area (TPSA) is 79.2 Å². The number of carbonyl (C=O) groups is 1. The fourth-order valence-corrected chi connectivity index (χ4v) is 2.67. The first-order chi connectivity index (χ1) is 9.97. The normalized spacial score (nSPS) is 11.2. The summed E-state index contributed by atoms with van der Waals surface area (Å²) in [7, 11) is 0.